The first kappa shape index (κ1) is 14.4. The van der Waals surface area contributed by atoms with E-state index >= 15 is 0 Å². The molecule has 9 nitrogen and oxygen atoms in total. The number of nitrogens with two attached hydrogens (primary N) is 1. The maximum absolute atomic E-state index is 11.5. The molecule has 0 aliphatic rings. The lowest BCUT2D eigenvalue weighted by molar-refractivity contribution is -0.385. The van der Waals surface area contributed by atoms with Gasteiger partial charge in [0.25, 0.3) is 11.6 Å². The number of rotatable bonds is 5. The van der Waals surface area contributed by atoms with Crippen molar-refractivity contribution in [1.82, 2.24) is 14.5 Å². The van der Waals surface area contributed by atoms with Crippen LogP contribution in [0, 0.1) is 10.1 Å². The minimum atomic E-state index is -0.770. The minimum absolute atomic E-state index is 0.000842. The number of hydrogen-bond acceptors (Lipinski definition) is 6. The van der Waals surface area contributed by atoms with Crippen molar-refractivity contribution in [1.29, 1.82) is 0 Å². The quantitative estimate of drug-likeness (QED) is 0.630. The number of aryl methyl sites for hydroxylation is 1. The summed E-state index contributed by atoms with van der Waals surface area (Å²) in [6, 6.07) is 1.12. The Bertz CT molecular complexity index is 696. The Balaban J connectivity index is 2.36. The summed E-state index contributed by atoms with van der Waals surface area (Å²) in [6.07, 6.45) is 4.54. The number of carbonyl (C=O) groups excluding carboxylic acids is 1. The molecule has 0 atom stereocenters. The lowest BCUT2D eigenvalue weighted by Gasteiger charge is -2.19. The van der Waals surface area contributed by atoms with Crippen molar-refractivity contribution in [3.63, 3.8) is 0 Å². The van der Waals surface area contributed by atoms with Crippen molar-refractivity contribution in [2.45, 2.75) is 6.54 Å². The molecule has 0 aromatic carbocycles. The number of primary amides is 1. The molecule has 21 heavy (non-hydrogen) atoms. The summed E-state index contributed by atoms with van der Waals surface area (Å²) in [5.74, 6) is 0.261. The summed E-state index contributed by atoms with van der Waals surface area (Å²) in [7, 11) is 3.55. The number of carbonyl (C=O) groups is 1. The highest BCUT2D eigenvalue weighted by Crippen LogP contribution is 2.22. The van der Waals surface area contributed by atoms with E-state index in [1.165, 1.54) is 0 Å². The average molecular weight is 290 g/mol. The van der Waals surface area contributed by atoms with Crippen molar-refractivity contribution in [3.05, 3.63) is 46.2 Å². The SMILES string of the molecule is CN(Cc1nccn1C)c1ncc([N+](=O)[O-])cc1C(N)=O. The van der Waals surface area contributed by atoms with Gasteiger partial charge in [0.2, 0.25) is 0 Å². The van der Waals surface area contributed by atoms with E-state index in [0.29, 0.717) is 6.54 Å². The van der Waals surface area contributed by atoms with Gasteiger partial charge in [0.15, 0.2) is 0 Å². The van der Waals surface area contributed by atoms with Crippen LogP contribution >= 0.6 is 0 Å². The number of imidazole rings is 1. The molecule has 2 aromatic rings. The Morgan fingerprint density at radius 2 is 2.24 bits per heavy atom. The molecule has 0 spiro atoms. The number of nitrogens with zero attached hydrogens (tertiary/aromatic N) is 5. The normalized spacial score (nSPS) is 10.4. The van der Waals surface area contributed by atoms with Crippen LogP contribution in [0.2, 0.25) is 0 Å². The van der Waals surface area contributed by atoms with Crippen LogP contribution in [0.5, 0.6) is 0 Å². The van der Waals surface area contributed by atoms with Gasteiger partial charge >= 0.3 is 0 Å². The summed E-state index contributed by atoms with van der Waals surface area (Å²) in [5.41, 5.74) is 5.00. The molecule has 0 unspecified atom stereocenters. The highest BCUT2D eigenvalue weighted by Gasteiger charge is 2.19. The third-order valence-electron chi connectivity index (χ3n) is 2.99. The summed E-state index contributed by atoms with van der Waals surface area (Å²) < 4.78 is 1.83. The van der Waals surface area contributed by atoms with Crippen LogP contribution in [0.15, 0.2) is 24.7 Å². The van der Waals surface area contributed by atoms with E-state index in [9.17, 15) is 14.9 Å². The third-order valence-corrected chi connectivity index (χ3v) is 2.99. The molecule has 2 rings (SSSR count). The van der Waals surface area contributed by atoms with Gasteiger partial charge in [0.05, 0.1) is 17.0 Å². The van der Waals surface area contributed by atoms with Gasteiger partial charge in [-0.2, -0.15) is 0 Å². The molecule has 0 radical (unpaired) electrons. The topological polar surface area (TPSA) is 120 Å². The zero-order valence-electron chi connectivity index (χ0n) is 11.6. The molecule has 9 heteroatoms. The average Bonchev–Trinajstić information content (AvgIpc) is 2.83. The first-order chi connectivity index (χ1) is 9.90. The smallest absolute Gasteiger partial charge is 0.288 e. The Morgan fingerprint density at radius 1 is 1.52 bits per heavy atom. The van der Waals surface area contributed by atoms with Crippen molar-refractivity contribution < 1.29 is 9.72 Å². The van der Waals surface area contributed by atoms with E-state index in [-0.39, 0.29) is 17.1 Å². The highest BCUT2D eigenvalue weighted by atomic mass is 16.6. The molecule has 2 heterocycles. The molecule has 0 aliphatic carbocycles. The van der Waals surface area contributed by atoms with Gasteiger partial charge in [-0.15, -0.1) is 0 Å². The van der Waals surface area contributed by atoms with Gasteiger partial charge in [-0.3, -0.25) is 14.9 Å². The first-order valence-corrected chi connectivity index (χ1v) is 6.01. The zero-order valence-corrected chi connectivity index (χ0v) is 11.6. The van der Waals surface area contributed by atoms with Gasteiger partial charge in [0, 0.05) is 32.6 Å². The molecule has 2 aromatic heterocycles. The van der Waals surface area contributed by atoms with E-state index in [1.807, 2.05) is 11.6 Å². The van der Waals surface area contributed by atoms with Crippen LogP contribution in [0.1, 0.15) is 16.2 Å². The fraction of sp³-hybridized carbons (Fsp3) is 0.250. The van der Waals surface area contributed by atoms with Crippen LogP contribution < -0.4 is 10.6 Å². The molecule has 0 saturated heterocycles. The number of pyridine rings is 1. The Kier molecular flexibility index (Phi) is 3.83. The second-order valence-electron chi connectivity index (χ2n) is 4.50. The Hall–Kier alpha value is -2.97. The van der Waals surface area contributed by atoms with Crippen molar-refractivity contribution in [2.75, 3.05) is 11.9 Å². The van der Waals surface area contributed by atoms with Crippen LogP contribution in [0.3, 0.4) is 0 Å². The predicted octanol–water partition coefficient (Wildman–Crippen LogP) is 0.459. The third kappa shape index (κ3) is 2.96. The van der Waals surface area contributed by atoms with E-state index in [0.717, 1.165) is 18.1 Å². The summed E-state index contributed by atoms with van der Waals surface area (Å²) in [6.45, 7) is 0.384. The van der Waals surface area contributed by atoms with E-state index in [1.54, 1.807) is 24.3 Å². The molecule has 110 valence electrons. The lowest BCUT2D eigenvalue weighted by atomic mass is 10.2. The first-order valence-electron chi connectivity index (χ1n) is 6.01. The zero-order chi connectivity index (χ0) is 15.6. The lowest BCUT2D eigenvalue weighted by Crippen LogP contribution is -2.24. The van der Waals surface area contributed by atoms with Gasteiger partial charge in [0.1, 0.15) is 17.8 Å². The van der Waals surface area contributed by atoms with Crippen LogP contribution in [0.25, 0.3) is 0 Å². The van der Waals surface area contributed by atoms with E-state index in [2.05, 4.69) is 9.97 Å². The summed E-state index contributed by atoms with van der Waals surface area (Å²) in [5, 5.41) is 10.7. The van der Waals surface area contributed by atoms with Crippen molar-refractivity contribution >= 4 is 17.4 Å². The maximum atomic E-state index is 11.5. The summed E-state index contributed by atoms with van der Waals surface area (Å²) in [4.78, 5) is 31.4. The van der Waals surface area contributed by atoms with Crippen LogP contribution in [-0.2, 0) is 13.6 Å². The van der Waals surface area contributed by atoms with E-state index < -0.39 is 10.8 Å². The van der Waals surface area contributed by atoms with Crippen LogP contribution in [-0.4, -0.2) is 32.4 Å². The highest BCUT2D eigenvalue weighted by molar-refractivity contribution is 5.98. The van der Waals surface area contributed by atoms with Crippen molar-refractivity contribution in [3.8, 4) is 0 Å². The van der Waals surface area contributed by atoms with Crippen molar-refractivity contribution in [2.24, 2.45) is 12.8 Å². The molecule has 0 saturated carbocycles. The second-order valence-corrected chi connectivity index (χ2v) is 4.50. The van der Waals surface area contributed by atoms with E-state index in [4.69, 9.17) is 5.73 Å². The molecular weight excluding hydrogens is 276 g/mol. The molecule has 2 N–H and O–H groups in total. The number of aromatic nitrogens is 3. The van der Waals surface area contributed by atoms with Gasteiger partial charge < -0.3 is 15.2 Å². The second kappa shape index (κ2) is 5.57. The largest absolute Gasteiger partial charge is 0.365 e. The molecular formula is C12H14N6O3. The monoisotopic (exact) mass is 290 g/mol. The standard InChI is InChI=1S/C12H14N6O3/c1-16-4-3-14-10(16)7-17(2)12-9(11(13)19)5-8(6-15-12)18(20)21/h3-6H,7H2,1-2H3,(H2,13,19). The molecule has 1 amide bonds. The van der Waals surface area contributed by atoms with Gasteiger partial charge in [-0.05, 0) is 0 Å². The Labute approximate surface area is 120 Å². The number of hydrogen-bond donors (Lipinski definition) is 1. The fourth-order valence-corrected chi connectivity index (χ4v) is 1.87. The van der Waals surface area contributed by atoms with Gasteiger partial charge in [-0.25, -0.2) is 9.97 Å². The predicted molar refractivity (Wildman–Crippen MR) is 74.7 cm³/mol. The molecule has 0 bridgehead atoms. The summed E-state index contributed by atoms with van der Waals surface area (Å²) >= 11 is 0. The maximum Gasteiger partial charge on any atom is 0.288 e. The van der Waals surface area contributed by atoms with Gasteiger partial charge in [-0.1, -0.05) is 0 Å². The number of amides is 1. The minimum Gasteiger partial charge on any atom is -0.365 e. The number of nitro groups is 1. The van der Waals surface area contributed by atoms with Crippen LogP contribution in [0.4, 0.5) is 11.5 Å². The fourth-order valence-electron chi connectivity index (χ4n) is 1.87. The molecule has 0 aliphatic heterocycles. The molecule has 0 fully saturated rings. The number of anilines is 1. The Morgan fingerprint density at radius 3 is 2.76 bits per heavy atom.